The second kappa shape index (κ2) is 7.50. The van der Waals surface area contributed by atoms with Gasteiger partial charge in [-0.05, 0) is 18.9 Å². The monoisotopic (exact) mass is 439 g/mol. The van der Waals surface area contributed by atoms with Crippen molar-refractivity contribution in [2.75, 3.05) is 24.7 Å². The van der Waals surface area contributed by atoms with Gasteiger partial charge in [-0.2, -0.15) is 0 Å². The Bertz CT molecular complexity index is 894. The Morgan fingerprint density at radius 2 is 2.20 bits per heavy atom. The number of carbonyl (C=O) groups is 1. The molecule has 1 fully saturated rings. The van der Waals surface area contributed by atoms with Gasteiger partial charge in [0.25, 0.3) is 0 Å². The molecule has 6 nitrogen and oxygen atoms in total. The quantitative estimate of drug-likeness (QED) is 0.785. The lowest BCUT2D eigenvalue weighted by Crippen LogP contribution is -2.43. The molecule has 1 amide bonds. The maximum atomic E-state index is 12.4. The number of rotatable bonds is 4. The zero-order valence-corrected chi connectivity index (χ0v) is 17.1. The Morgan fingerprint density at radius 3 is 2.84 bits per heavy atom. The van der Waals surface area contributed by atoms with Gasteiger partial charge in [0.2, 0.25) is 15.9 Å². The topological polar surface area (TPSA) is 79.4 Å². The summed E-state index contributed by atoms with van der Waals surface area (Å²) in [6.45, 7) is 0.663. The first-order valence-corrected chi connectivity index (χ1v) is 11.7. The fraction of sp³-hybridized carbons (Fsp3) is 0.429. The minimum atomic E-state index is -3.29. The van der Waals surface area contributed by atoms with E-state index >= 15 is 0 Å². The summed E-state index contributed by atoms with van der Waals surface area (Å²) in [6.07, 6.45) is 2.48. The second-order valence-electron chi connectivity index (χ2n) is 5.73. The Labute approximate surface area is 163 Å². The number of anilines is 1. The lowest BCUT2D eigenvalue weighted by atomic mass is 9.99. The van der Waals surface area contributed by atoms with Crippen LogP contribution in [0.2, 0.25) is 8.67 Å². The number of hydrogen-bond acceptors (Lipinski definition) is 6. The molecule has 2 aromatic rings. The molecule has 1 saturated heterocycles. The predicted molar refractivity (Wildman–Crippen MR) is 103 cm³/mol. The zero-order valence-electron chi connectivity index (χ0n) is 13.2. The number of thiophene rings is 1. The van der Waals surface area contributed by atoms with Gasteiger partial charge in [0.1, 0.15) is 4.34 Å². The first-order valence-electron chi connectivity index (χ1n) is 7.41. The summed E-state index contributed by atoms with van der Waals surface area (Å²) >= 11 is 14.6. The maximum absolute atomic E-state index is 12.4. The first-order chi connectivity index (χ1) is 11.7. The molecule has 0 bridgehead atoms. The molecule has 0 unspecified atom stereocenters. The van der Waals surface area contributed by atoms with E-state index < -0.39 is 10.0 Å². The standard InChI is InChI=1S/C14H15Cl2N3O3S3/c1-25(21,22)19-4-2-3-8(6-19)13(20)18-14-17-10(7-23-14)9-5-11(15)24-12(9)16/h5,7-8H,2-4,6H2,1H3,(H,17,18,20)/t8-/m1/s1. The average molecular weight is 440 g/mol. The van der Waals surface area contributed by atoms with Crippen LogP contribution in [-0.2, 0) is 14.8 Å². The molecule has 1 aliphatic rings. The third-order valence-electron chi connectivity index (χ3n) is 3.89. The van der Waals surface area contributed by atoms with Crippen LogP contribution in [0.5, 0.6) is 0 Å². The van der Waals surface area contributed by atoms with Gasteiger partial charge in [-0.3, -0.25) is 4.79 Å². The lowest BCUT2D eigenvalue weighted by molar-refractivity contribution is -0.120. The molecule has 11 heteroatoms. The van der Waals surface area contributed by atoms with Crippen molar-refractivity contribution < 1.29 is 13.2 Å². The number of nitrogens with one attached hydrogen (secondary N) is 1. The number of nitrogens with zero attached hydrogens (tertiary/aromatic N) is 2. The number of halogens is 2. The molecule has 0 aromatic carbocycles. The molecule has 0 radical (unpaired) electrons. The molecule has 0 spiro atoms. The summed E-state index contributed by atoms with van der Waals surface area (Å²) < 4.78 is 25.8. The molecular weight excluding hydrogens is 425 g/mol. The Kier molecular flexibility index (Phi) is 5.72. The van der Waals surface area contributed by atoms with Crippen molar-refractivity contribution >= 4 is 66.9 Å². The Morgan fingerprint density at radius 1 is 1.44 bits per heavy atom. The van der Waals surface area contributed by atoms with Gasteiger partial charge in [-0.15, -0.1) is 22.7 Å². The summed E-state index contributed by atoms with van der Waals surface area (Å²) in [5.74, 6) is -0.598. The van der Waals surface area contributed by atoms with Gasteiger partial charge in [-0.1, -0.05) is 23.2 Å². The number of amides is 1. The van der Waals surface area contributed by atoms with Crippen LogP contribution in [0.3, 0.4) is 0 Å². The predicted octanol–water partition coefficient (Wildman–Crippen LogP) is 3.79. The van der Waals surface area contributed by atoms with Crippen molar-refractivity contribution in [2.45, 2.75) is 12.8 Å². The number of thiazole rings is 1. The molecule has 1 N–H and O–H groups in total. The smallest absolute Gasteiger partial charge is 0.230 e. The molecule has 3 heterocycles. The normalized spacial score (nSPS) is 19.1. The van der Waals surface area contributed by atoms with E-state index in [0.717, 1.165) is 11.8 Å². The van der Waals surface area contributed by atoms with E-state index in [2.05, 4.69) is 10.3 Å². The van der Waals surface area contributed by atoms with E-state index in [1.54, 1.807) is 11.4 Å². The van der Waals surface area contributed by atoms with Gasteiger partial charge in [-0.25, -0.2) is 17.7 Å². The summed E-state index contributed by atoms with van der Waals surface area (Å²) in [6, 6.07) is 1.74. The molecule has 0 aliphatic carbocycles. The molecule has 2 aromatic heterocycles. The highest BCUT2D eigenvalue weighted by Gasteiger charge is 2.30. The zero-order chi connectivity index (χ0) is 18.2. The van der Waals surface area contributed by atoms with E-state index in [4.69, 9.17) is 23.2 Å². The van der Waals surface area contributed by atoms with Gasteiger partial charge in [0.05, 0.1) is 22.2 Å². The van der Waals surface area contributed by atoms with Crippen molar-refractivity contribution in [1.82, 2.24) is 9.29 Å². The van der Waals surface area contributed by atoms with Crippen molar-refractivity contribution in [1.29, 1.82) is 0 Å². The Balaban J connectivity index is 1.68. The van der Waals surface area contributed by atoms with Crippen LogP contribution in [0.1, 0.15) is 12.8 Å². The Hall–Kier alpha value is -0.710. The van der Waals surface area contributed by atoms with Crippen molar-refractivity contribution in [3.8, 4) is 11.3 Å². The van der Waals surface area contributed by atoms with Crippen LogP contribution in [0, 0.1) is 5.92 Å². The van der Waals surface area contributed by atoms with E-state index in [0.29, 0.717) is 38.9 Å². The molecule has 25 heavy (non-hydrogen) atoms. The highest BCUT2D eigenvalue weighted by molar-refractivity contribution is 7.88. The van der Waals surface area contributed by atoms with Crippen LogP contribution in [0.4, 0.5) is 5.13 Å². The van der Waals surface area contributed by atoms with Crippen molar-refractivity contribution in [3.05, 3.63) is 20.1 Å². The third-order valence-corrected chi connectivity index (χ3v) is 7.41. The number of piperidine rings is 1. The molecule has 0 saturated carbocycles. The minimum Gasteiger partial charge on any atom is -0.302 e. The van der Waals surface area contributed by atoms with Crippen LogP contribution >= 0.6 is 45.9 Å². The molecule has 1 aliphatic heterocycles. The molecular formula is C14H15Cl2N3O3S3. The summed E-state index contributed by atoms with van der Waals surface area (Å²) in [4.78, 5) is 16.8. The van der Waals surface area contributed by atoms with E-state index in [-0.39, 0.29) is 18.4 Å². The largest absolute Gasteiger partial charge is 0.302 e. The number of aromatic nitrogens is 1. The minimum absolute atomic E-state index is 0.203. The van der Waals surface area contributed by atoms with Crippen molar-refractivity contribution in [2.24, 2.45) is 5.92 Å². The maximum Gasteiger partial charge on any atom is 0.230 e. The highest BCUT2D eigenvalue weighted by atomic mass is 35.5. The lowest BCUT2D eigenvalue weighted by Gasteiger charge is -2.29. The summed E-state index contributed by atoms with van der Waals surface area (Å²) in [5, 5.41) is 5.02. The molecule has 3 rings (SSSR count). The van der Waals surface area contributed by atoms with Crippen LogP contribution < -0.4 is 5.32 Å². The fourth-order valence-electron chi connectivity index (χ4n) is 2.63. The second-order valence-corrected chi connectivity index (χ2v) is 10.9. The van der Waals surface area contributed by atoms with Gasteiger partial charge >= 0.3 is 0 Å². The first kappa shape index (κ1) is 19.1. The fourth-order valence-corrected chi connectivity index (χ4v) is 5.74. The van der Waals surface area contributed by atoms with Gasteiger partial charge < -0.3 is 5.32 Å². The summed E-state index contributed by atoms with van der Waals surface area (Å²) in [7, 11) is -3.29. The SMILES string of the molecule is CS(=O)(=O)N1CCC[C@@H](C(=O)Nc2nc(-c3cc(Cl)sc3Cl)cs2)C1. The van der Waals surface area contributed by atoms with Crippen LogP contribution in [0.15, 0.2) is 11.4 Å². The van der Waals surface area contributed by atoms with E-state index in [9.17, 15) is 13.2 Å². The number of hydrogen-bond donors (Lipinski definition) is 1. The van der Waals surface area contributed by atoms with E-state index in [1.165, 1.54) is 27.0 Å². The number of sulfonamides is 1. The van der Waals surface area contributed by atoms with Crippen molar-refractivity contribution in [3.63, 3.8) is 0 Å². The van der Waals surface area contributed by atoms with E-state index in [1.807, 2.05) is 0 Å². The van der Waals surface area contributed by atoms with Crippen LogP contribution in [-0.4, -0.2) is 43.0 Å². The number of carbonyl (C=O) groups excluding carboxylic acids is 1. The average Bonchev–Trinajstić information content (AvgIpc) is 3.12. The van der Waals surface area contributed by atoms with Gasteiger partial charge in [0, 0.05) is 24.0 Å². The molecule has 1 atom stereocenters. The molecule has 136 valence electrons. The highest BCUT2D eigenvalue weighted by Crippen LogP contribution is 2.39. The summed E-state index contributed by atoms with van der Waals surface area (Å²) in [5.41, 5.74) is 1.38. The van der Waals surface area contributed by atoms with Gasteiger partial charge in [0.15, 0.2) is 5.13 Å². The van der Waals surface area contributed by atoms with Crippen LogP contribution in [0.25, 0.3) is 11.3 Å². The third kappa shape index (κ3) is 4.53.